The number of aliphatic hydroxyl groups excluding tert-OH is 1. The second kappa shape index (κ2) is 10.4. The highest BCUT2D eigenvalue weighted by molar-refractivity contribution is 6.00. The van der Waals surface area contributed by atoms with Crippen LogP contribution in [0.1, 0.15) is 62.5 Å². The zero-order valence-electron chi connectivity index (χ0n) is 22.7. The number of nitrogens with zero attached hydrogens (tertiary/aromatic N) is 4. The lowest BCUT2D eigenvalue weighted by Gasteiger charge is -2.29. The van der Waals surface area contributed by atoms with Crippen LogP contribution in [-0.4, -0.2) is 68.6 Å². The molecule has 1 fully saturated rings. The fourth-order valence-corrected chi connectivity index (χ4v) is 4.63. The van der Waals surface area contributed by atoms with Gasteiger partial charge in [0.15, 0.2) is 0 Å². The van der Waals surface area contributed by atoms with Gasteiger partial charge in [0.25, 0.3) is 5.91 Å². The second-order valence-electron chi connectivity index (χ2n) is 11.1. The van der Waals surface area contributed by atoms with Crippen molar-refractivity contribution >= 4 is 22.9 Å². The number of aryl methyl sites for hydroxylation is 1. The van der Waals surface area contributed by atoms with Gasteiger partial charge >= 0.3 is 0 Å². The molecule has 198 valence electrons. The summed E-state index contributed by atoms with van der Waals surface area (Å²) in [6.07, 6.45) is 7.55. The lowest BCUT2D eigenvalue weighted by molar-refractivity contribution is -0.233. The van der Waals surface area contributed by atoms with E-state index in [9.17, 15) is 14.3 Å². The van der Waals surface area contributed by atoms with Crippen molar-refractivity contribution in [3.8, 4) is 5.69 Å². The molecule has 0 radical (unpaired) electrons. The summed E-state index contributed by atoms with van der Waals surface area (Å²) in [6, 6.07) is 4.29. The van der Waals surface area contributed by atoms with Crippen molar-refractivity contribution in [2.24, 2.45) is 0 Å². The summed E-state index contributed by atoms with van der Waals surface area (Å²) in [5, 5.41) is 11.5. The number of likely N-dealkylation sites (tertiary alicyclic amines) is 1. The molecule has 1 aliphatic heterocycles. The number of carbonyl (C=O) groups excluding carboxylic acids is 1. The lowest BCUT2D eigenvalue weighted by atomic mass is 10.1. The van der Waals surface area contributed by atoms with Gasteiger partial charge in [-0.05, 0) is 71.7 Å². The van der Waals surface area contributed by atoms with Gasteiger partial charge in [-0.1, -0.05) is 11.6 Å². The first-order valence-electron chi connectivity index (χ1n) is 12.7. The number of rotatable bonds is 6. The van der Waals surface area contributed by atoms with Gasteiger partial charge in [0.1, 0.15) is 5.82 Å². The average Bonchev–Trinajstić information content (AvgIpc) is 3.43. The topological polar surface area (TPSA) is 70.8 Å². The number of amides is 1. The quantitative estimate of drug-likeness (QED) is 0.467. The van der Waals surface area contributed by atoms with Gasteiger partial charge < -0.3 is 19.3 Å². The van der Waals surface area contributed by atoms with E-state index in [0.29, 0.717) is 24.3 Å². The summed E-state index contributed by atoms with van der Waals surface area (Å²) >= 11 is 0. The molecule has 4 rings (SSSR count). The van der Waals surface area contributed by atoms with Gasteiger partial charge in [-0.2, -0.15) is 0 Å². The lowest BCUT2D eigenvalue weighted by Crippen LogP contribution is -2.40. The molecule has 3 heterocycles. The monoisotopic (exact) mass is 508 g/mol. The zero-order valence-corrected chi connectivity index (χ0v) is 22.7. The molecular formula is C29H37FN4O3. The summed E-state index contributed by atoms with van der Waals surface area (Å²) in [6.45, 7) is 12.9. The molecule has 3 aromatic rings. The van der Waals surface area contributed by atoms with Crippen LogP contribution in [0.25, 0.3) is 22.7 Å². The molecule has 1 unspecified atom stereocenters. The molecule has 1 saturated heterocycles. The minimum absolute atomic E-state index is 0.0304. The van der Waals surface area contributed by atoms with E-state index in [2.05, 4.69) is 11.1 Å². The molecule has 0 bridgehead atoms. The van der Waals surface area contributed by atoms with Crippen LogP contribution in [0, 0.1) is 12.7 Å². The first-order valence-corrected chi connectivity index (χ1v) is 12.7. The molecule has 0 aliphatic carbocycles. The zero-order chi connectivity index (χ0) is 27.1. The number of hydrogen-bond donors (Lipinski definition) is 1. The Balaban J connectivity index is 1.77. The van der Waals surface area contributed by atoms with Crippen molar-refractivity contribution < 1.29 is 19.0 Å². The SMILES string of the molecule is Cc1cncc2c1c(/C=C1\CCN(C(O)OC(C)(C)C)C1)cn2-c1ccc(F)cc1C(=O)N(C)C(C)C. The van der Waals surface area contributed by atoms with E-state index in [4.69, 9.17) is 4.74 Å². The Morgan fingerprint density at radius 2 is 2.00 bits per heavy atom. The highest BCUT2D eigenvalue weighted by atomic mass is 19.1. The Morgan fingerprint density at radius 1 is 1.27 bits per heavy atom. The maximum Gasteiger partial charge on any atom is 0.256 e. The molecule has 37 heavy (non-hydrogen) atoms. The number of ether oxygens (including phenoxy) is 1. The fraction of sp³-hybridized carbons (Fsp3) is 0.448. The molecule has 0 spiro atoms. The first kappa shape index (κ1) is 27.0. The smallest absolute Gasteiger partial charge is 0.256 e. The van der Waals surface area contributed by atoms with Crippen molar-refractivity contribution in [2.75, 3.05) is 20.1 Å². The van der Waals surface area contributed by atoms with Crippen molar-refractivity contribution in [1.82, 2.24) is 19.4 Å². The predicted molar refractivity (Wildman–Crippen MR) is 144 cm³/mol. The minimum Gasteiger partial charge on any atom is -0.356 e. The van der Waals surface area contributed by atoms with Crippen molar-refractivity contribution in [3.63, 3.8) is 0 Å². The molecule has 1 aromatic carbocycles. The van der Waals surface area contributed by atoms with Crippen LogP contribution in [0.3, 0.4) is 0 Å². The summed E-state index contributed by atoms with van der Waals surface area (Å²) in [4.78, 5) is 21.2. The Bertz CT molecular complexity index is 1340. The average molecular weight is 509 g/mol. The van der Waals surface area contributed by atoms with Gasteiger partial charge in [-0.25, -0.2) is 4.39 Å². The van der Waals surface area contributed by atoms with Gasteiger partial charge in [0, 0.05) is 49.5 Å². The highest BCUT2D eigenvalue weighted by Gasteiger charge is 2.28. The summed E-state index contributed by atoms with van der Waals surface area (Å²) in [7, 11) is 1.72. The van der Waals surface area contributed by atoms with Crippen molar-refractivity contribution in [3.05, 3.63) is 64.9 Å². The number of hydrogen-bond acceptors (Lipinski definition) is 5. The molecule has 7 nitrogen and oxygen atoms in total. The van der Waals surface area contributed by atoms with Gasteiger partial charge in [0.05, 0.1) is 28.6 Å². The third kappa shape index (κ3) is 5.76. The molecule has 1 atom stereocenters. The van der Waals surface area contributed by atoms with E-state index < -0.39 is 17.8 Å². The third-order valence-corrected chi connectivity index (χ3v) is 6.73. The molecule has 1 aliphatic rings. The normalized spacial score (nSPS) is 16.8. The number of carbonyl (C=O) groups is 1. The summed E-state index contributed by atoms with van der Waals surface area (Å²) < 4.78 is 22.0. The number of aromatic nitrogens is 2. The van der Waals surface area contributed by atoms with E-state index in [0.717, 1.165) is 28.5 Å². The number of aliphatic hydroxyl groups is 1. The van der Waals surface area contributed by atoms with E-state index >= 15 is 0 Å². The molecule has 2 aromatic heterocycles. The Hall–Kier alpha value is -3.07. The Kier molecular flexibility index (Phi) is 7.55. The van der Waals surface area contributed by atoms with Crippen LogP contribution in [0.4, 0.5) is 4.39 Å². The van der Waals surface area contributed by atoms with Crippen molar-refractivity contribution in [1.29, 1.82) is 0 Å². The molecule has 1 amide bonds. The number of benzene rings is 1. The molecule has 8 heteroatoms. The summed E-state index contributed by atoms with van der Waals surface area (Å²) in [5.41, 5.74) is 4.44. The molecule has 0 saturated carbocycles. The van der Waals surface area contributed by atoms with E-state index in [-0.39, 0.29) is 11.9 Å². The van der Waals surface area contributed by atoms with Crippen LogP contribution >= 0.6 is 0 Å². The van der Waals surface area contributed by atoms with Crippen LogP contribution < -0.4 is 0 Å². The molecular weight excluding hydrogens is 471 g/mol. The largest absolute Gasteiger partial charge is 0.356 e. The summed E-state index contributed by atoms with van der Waals surface area (Å²) in [5.74, 6) is -0.703. The van der Waals surface area contributed by atoms with E-state index in [1.54, 1.807) is 24.2 Å². The van der Waals surface area contributed by atoms with Crippen LogP contribution in [0.2, 0.25) is 0 Å². The van der Waals surface area contributed by atoms with Crippen LogP contribution in [0.15, 0.2) is 42.4 Å². The van der Waals surface area contributed by atoms with Gasteiger partial charge in [0.2, 0.25) is 6.41 Å². The number of pyridine rings is 1. The number of fused-ring (bicyclic) bond motifs is 1. The Labute approximate surface area is 218 Å². The fourth-order valence-electron chi connectivity index (χ4n) is 4.63. The van der Waals surface area contributed by atoms with Crippen molar-refractivity contribution in [2.45, 2.75) is 66.0 Å². The predicted octanol–water partition coefficient (Wildman–Crippen LogP) is 5.13. The molecule has 1 N–H and O–H groups in total. The second-order valence-corrected chi connectivity index (χ2v) is 11.1. The van der Waals surface area contributed by atoms with Crippen LogP contribution in [-0.2, 0) is 4.74 Å². The van der Waals surface area contributed by atoms with Gasteiger partial charge in [-0.3, -0.25) is 14.7 Å². The van der Waals surface area contributed by atoms with Gasteiger partial charge in [-0.15, -0.1) is 0 Å². The Morgan fingerprint density at radius 3 is 2.68 bits per heavy atom. The maximum atomic E-state index is 14.3. The van der Waals surface area contributed by atoms with Crippen LogP contribution in [0.5, 0.6) is 0 Å². The van der Waals surface area contributed by atoms with E-state index in [1.807, 2.05) is 63.4 Å². The number of halogens is 1. The highest BCUT2D eigenvalue weighted by Crippen LogP contribution is 2.32. The van der Waals surface area contributed by atoms with E-state index in [1.165, 1.54) is 17.7 Å². The maximum absolute atomic E-state index is 14.3. The minimum atomic E-state index is -0.969. The standard InChI is InChI=1S/C29H37FN4O3/c1-18(2)32(7)27(35)23-13-22(30)8-9-24(23)34-17-21(26-19(3)14-31-15-25(26)34)12-20-10-11-33(16-20)28(36)37-29(4,5)6/h8-9,12-15,17-18,28,36H,10-11,16H2,1-7H3/b20-12+. The first-order chi connectivity index (χ1) is 17.4. The third-order valence-electron chi connectivity index (χ3n) is 6.73.